The smallest absolute Gasteiger partial charge is 0.0760 e. The average molecular weight is 153 g/mol. The fourth-order valence-electron chi connectivity index (χ4n) is 1.48. The minimum Gasteiger partial charge on any atom is -0.371 e. The van der Waals surface area contributed by atoms with Gasteiger partial charge in [-0.15, -0.1) is 0 Å². The summed E-state index contributed by atoms with van der Waals surface area (Å²) in [7, 11) is 0. The summed E-state index contributed by atoms with van der Waals surface area (Å²) in [6.07, 6.45) is 6.17. The molecule has 1 aliphatic rings. The van der Waals surface area contributed by atoms with Crippen LogP contribution in [0.1, 0.15) is 33.1 Å². The summed E-state index contributed by atoms with van der Waals surface area (Å²) >= 11 is 0. The van der Waals surface area contributed by atoms with E-state index in [0.29, 0.717) is 12.2 Å². The third kappa shape index (κ3) is 2.33. The van der Waals surface area contributed by atoms with Gasteiger partial charge in [-0.25, -0.2) is 0 Å². The minimum atomic E-state index is 0.320. The van der Waals surface area contributed by atoms with Crippen molar-refractivity contribution in [2.24, 2.45) is 0 Å². The van der Waals surface area contributed by atoms with Gasteiger partial charge < -0.3 is 4.74 Å². The van der Waals surface area contributed by atoms with Crippen LogP contribution in [-0.4, -0.2) is 12.2 Å². The molecule has 0 amide bonds. The Kier molecular flexibility index (Phi) is 3.13. The quantitative estimate of drug-likeness (QED) is 0.554. The summed E-state index contributed by atoms with van der Waals surface area (Å²) in [4.78, 5) is 0. The van der Waals surface area contributed by atoms with Crippen LogP contribution in [0, 0.1) is 6.92 Å². The van der Waals surface area contributed by atoms with Crippen LogP contribution in [0.5, 0.6) is 0 Å². The Labute approximate surface area is 69.4 Å². The molecule has 1 nitrogen and oxygen atoms in total. The molecule has 1 heteroatoms. The van der Waals surface area contributed by atoms with E-state index in [1.54, 1.807) is 0 Å². The molecule has 63 valence electrons. The third-order valence-electron chi connectivity index (χ3n) is 2.14. The maximum Gasteiger partial charge on any atom is 0.0760 e. The average Bonchev–Trinajstić information content (AvgIpc) is 1.95. The normalized spacial score (nSPS) is 31.7. The summed E-state index contributed by atoms with van der Waals surface area (Å²) in [6, 6.07) is 0. The summed E-state index contributed by atoms with van der Waals surface area (Å²) in [5.74, 6) is 0. The number of hydrogen-bond acceptors (Lipinski definition) is 1. The Hall–Kier alpha value is -0.300. The summed E-state index contributed by atoms with van der Waals surface area (Å²) in [5, 5.41) is 0. The van der Waals surface area contributed by atoms with Crippen molar-refractivity contribution in [2.75, 3.05) is 0 Å². The van der Waals surface area contributed by atoms with E-state index in [9.17, 15) is 0 Å². The van der Waals surface area contributed by atoms with E-state index in [4.69, 9.17) is 4.74 Å². The molecule has 1 rings (SSSR count). The summed E-state index contributed by atoms with van der Waals surface area (Å²) in [6.45, 7) is 8.08. The lowest BCUT2D eigenvalue weighted by Crippen LogP contribution is -2.23. The van der Waals surface area contributed by atoms with Crippen molar-refractivity contribution in [1.29, 1.82) is 0 Å². The standard InChI is InChI=1S/C10H17O/c1-4-5-10-7-6-8(2)11-9(10)3/h7-9H,1,4-6H2,2-3H3. The number of hydrogen-bond donors (Lipinski definition) is 0. The van der Waals surface area contributed by atoms with E-state index in [1.165, 1.54) is 5.57 Å². The molecule has 1 heterocycles. The maximum absolute atomic E-state index is 5.66. The highest BCUT2D eigenvalue weighted by molar-refractivity contribution is 5.10. The second-order valence-corrected chi connectivity index (χ2v) is 3.21. The van der Waals surface area contributed by atoms with E-state index >= 15 is 0 Å². The fraction of sp³-hybridized carbons (Fsp3) is 0.700. The molecular weight excluding hydrogens is 136 g/mol. The first-order chi connectivity index (χ1) is 5.24. The largest absolute Gasteiger partial charge is 0.371 e. The van der Waals surface area contributed by atoms with Crippen LogP contribution in [0.2, 0.25) is 0 Å². The zero-order chi connectivity index (χ0) is 8.27. The SMILES string of the molecule is [CH2]CCC1=CCC(C)OC1C. The van der Waals surface area contributed by atoms with Crippen molar-refractivity contribution < 1.29 is 4.74 Å². The van der Waals surface area contributed by atoms with E-state index in [0.717, 1.165) is 19.3 Å². The number of rotatable bonds is 2. The van der Waals surface area contributed by atoms with E-state index in [2.05, 4.69) is 26.8 Å². The highest BCUT2D eigenvalue weighted by Crippen LogP contribution is 2.21. The van der Waals surface area contributed by atoms with Crippen molar-refractivity contribution in [3.05, 3.63) is 18.6 Å². The van der Waals surface area contributed by atoms with Crippen molar-refractivity contribution in [2.45, 2.75) is 45.3 Å². The molecule has 0 bridgehead atoms. The Morgan fingerprint density at radius 1 is 1.64 bits per heavy atom. The maximum atomic E-state index is 5.66. The Bertz CT molecular complexity index is 149. The van der Waals surface area contributed by atoms with Crippen molar-refractivity contribution in [3.63, 3.8) is 0 Å². The Balaban J connectivity index is 2.50. The summed E-state index contributed by atoms with van der Waals surface area (Å²) < 4.78 is 5.66. The van der Waals surface area contributed by atoms with Crippen LogP contribution in [0.25, 0.3) is 0 Å². The zero-order valence-corrected chi connectivity index (χ0v) is 7.47. The molecule has 0 aromatic rings. The monoisotopic (exact) mass is 153 g/mol. The second kappa shape index (κ2) is 3.91. The third-order valence-corrected chi connectivity index (χ3v) is 2.14. The van der Waals surface area contributed by atoms with Gasteiger partial charge in [-0.1, -0.05) is 13.0 Å². The molecule has 0 saturated heterocycles. The minimum absolute atomic E-state index is 0.320. The Morgan fingerprint density at radius 3 is 2.91 bits per heavy atom. The second-order valence-electron chi connectivity index (χ2n) is 3.21. The fourth-order valence-corrected chi connectivity index (χ4v) is 1.48. The van der Waals surface area contributed by atoms with Crippen molar-refractivity contribution in [3.8, 4) is 0 Å². The highest BCUT2D eigenvalue weighted by atomic mass is 16.5. The molecule has 0 aromatic heterocycles. The predicted molar refractivity (Wildman–Crippen MR) is 47.3 cm³/mol. The van der Waals surface area contributed by atoms with E-state index in [1.807, 2.05) is 0 Å². The lowest BCUT2D eigenvalue weighted by atomic mass is 10.0. The van der Waals surface area contributed by atoms with Gasteiger partial charge >= 0.3 is 0 Å². The molecule has 1 aliphatic heterocycles. The topological polar surface area (TPSA) is 9.23 Å². The van der Waals surface area contributed by atoms with Crippen LogP contribution in [0.4, 0.5) is 0 Å². The molecule has 11 heavy (non-hydrogen) atoms. The molecule has 2 atom stereocenters. The van der Waals surface area contributed by atoms with Crippen LogP contribution < -0.4 is 0 Å². The molecule has 0 spiro atoms. The van der Waals surface area contributed by atoms with Gasteiger partial charge in [0.25, 0.3) is 0 Å². The first-order valence-corrected chi connectivity index (χ1v) is 4.37. The molecule has 0 aliphatic carbocycles. The van der Waals surface area contributed by atoms with E-state index in [-0.39, 0.29) is 0 Å². The first kappa shape index (κ1) is 8.79. The van der Waals surface area contributed by atoms with Crippen LogP contribution in [-0.2, 0) is 4.74 Å². The van der Waals surface area contributed by atoms with Crippen LogP contribution >= 0.6 is 0 Å². The van der Waals surface area contributed by atoms with Crippen molar-refractivity contribution >= 4 is 0 Å². The van der Waals surface area contributed by atoms with Gasteiger partial charge in [-0.3, -0.25) is 0 Å². The Morgan fingerprint density at radius 2 is 2.36 bits per heavy atom. The molecule has 1 radical (unpaired) electrons. The lowest BCUT2D eigenvalue weighted by Gasteiger charge is -2.26. The van der Waals surface area contributed by atoms with Gasteiger partial charge in [-0.2, -0.15) is 0 Å². The van der Waals surface area contributed by atoms with Gasteiger partial charge in [0.05, 0.1) is 12.2 Å². The predicted octanol–water partition coefficient (Wildman–Crippen LogP) is 2.72. The molecule has 2 unspecified atom stereocenters. The molecule has 0 aromatic carbocycles. The van der Waals surface area contributed by atoms with Gasteiger partial charge in [0, 0.05) is 0 Å². The van der Waals surface area contributed by atoms with Crippen molar-refractivity contribution in [1.82, 2.24) is 0 Å². The summed E-state index contributed by atoms with van der Waals surface area (Å²) in [5.41, 5.74) is 1.43. The van der Waals surface area contributed by atoms with Crippen LogP contribution in [0.15, 0.2) is 11.6 Å². The van der Waals surface area contributed by atoms with Crippen LogP contribution in [0.3, 0.4) is 0 Å². The highest BCUT2D eigenvalue weighted by Gasteiger charge is 2.16. The molecule has 0 N–H and O–H groups in total. The first-order valence-electron chi connectivity index (χ1n) is 4.37. The van der Waals surface area contributed by atoms with E-state index < -0.39 is 0 Å². The molecule has 0 fully saturated rings. The molecular formula is C10H17O. The van der Waals surface area contributed by atoms with Gasteiger partial charge in [-0.05, 0) is 38.7 Å². The zero-order valence-electron chi connectivity index (χ0n) is 7.47. The molecule has 0 saturated carbocycles. The van der Waals surface area contributed by atoms with Gasteiger partial charge in [0.2, 0.25) is 0 Å². The lowest BCUT2D eigenvalue weighted by molar-refractivity contribution is 0.0182. The van der Waals surface area contributed by atoms with Gasteiger partial charge in [0.15, 0.2) is 0 Å². The number of ether oxygens (including phenoxy) is 1. The van der Waals surface area contributed by atoms with Gasteiger partial charge in [0.1, 0.15) is 0 Å².